The van der Waals surface area contributed by atoms with Crippen LogP contribution in [0.4, 0.5) is 29.1 Å². The van der Waals surface area contributed by atoms with Crippen LogP contribution in [0.2, 0.25) is 0 Å². The van der Waals surface area contributed by atoms with E-state index in [1.807, 2.05) is 0 Å². The van der Waals surface area contributed by atoms with Crippen molar-refractivity contribution in [3.05, 3.63) is 65.6 Å². The van der Waals surface area contributed by atoms with E-state index in [9.17, 15) is 27.2 Å². The van der Waals surface area contributed by atoms with Crippen molar-refractivity contribution in [2.75, 3.05) is 16.8 Å². The molecule has 0 aliphatic carbocycles. The highest BCUT2D eigenvalue weighted by Crippen LogP contribution is 2.35. The van der Waals surface area contributed by atoms with Gasteiger partial charge in [0.05, 0.1) is 29.6 Å². The molecule has 1 aliphatic rings. The molecule has 1 aromatic carbocycles. The van der Waals surface area contributed by atoms with Gasteiger partial charge in [-0.05, 0) is 25.1 Å². The number of anilines is 2. The summed E-state index contributed by atoms with van der Waals surface area (Å²) in [6.45, 7) is 1.74. The lowest BCUT2D eigenvalue weighted by Crippen LogP contribution is -2.43. The first-order chi connectivity index (χ1) is 14.7. The average molecular weight is 484 g/mol. The van der Waals surface area contributed by atoms with Crippen LogP contribution >= 0.6 is 13.5 Å². The van der Waals surface area contributed by atoms with Gasteiger partial charge in [-0.3, -0.25) is 19.3 Å². The normalized spacial score (nSPS) is 15.2. The van der Waals surface area contributed by atoms with E-state index in [4.69, 9.17) is 0 Å². The molecule has 176 valence electrons. The third-order valence-electron chi connectivity index (χ3n) is 4.73. The Morgan fingerprint density at radius 3 is 2.55 bits per heavy atom. The molecule has 0 unspecified atom stereocenters. The summed E-state index contributed by atoms with van der Waals surface area (Å²) in [5.74, 6) is -2.70. The molecule has 2 amide bonds. The summed E-state index contributed by atoms with van der Waals surface area (Å²) in [5.41, 5.74) is -1.61. The van der Waals surface area contributed by atoms with Crippen LogP contribution in [0.1, 0.15) is 46.8 Å². The maximum atomic E-state index is 14.1. The molecule has 1 atom stereocenters. The number of nitrogens with zero attached hydrogens (tertiary/aromatic N) is 5. The number of carbonyl (C=O) groups excluding carboxylic acids is 2. The standard InChI is InChI=1S/C19H14F4N6O2.CH4.H2S/c1-10-9-28(11-2-3-13(14(20)6-11)19(21,22)23)18(31)16-12(7-26-29(10)16)17(30)27-15-8-24-4-5-25-15;;/h2-8,10H,9H2,1H3,(H,25,27,30);1H4;1H2/t10-;;/m0../s1. The van der Waals surface area contributed by atoms with Crippen LogP contribution in [0.25, 0.3) is 0 Å². The van der Waals surface area contributed by atoms with Crippen molar-refractivity contribution in [2.24, 2.45) is 0 Å². The van der Waals surface area contributed by atoms with Gasteiger partial charge < -0.3 is 10.2 Å². The molecular weight excluding hydrogens is 464 g/mol. The van der Waals surface area contributed by atoms with Crippen molar-refractivity contribution in [1.29, 1.82) is 0 Å². The van der Waals surface area contributed by atoms with Gasteiger partial charge in [-0.15, -0.1) is 0 Å². The highest BCUT2D eigenvalue weighted by molar-refractivity contribution is 7.59. The molecule has 1 aliphatic heterocycles. The second kappa shape index (κ2) is 9.57. The van der Waals surface area contributed by atoms with Crippen LogP contribution < -0.4 is 10.2 Å². The van der Waals surface area contributed by atoms with Crippen LogP contribution in [-0.4, -0.2) is 38.1 Å². The largest absolute Gasteiger partial charge is 0.419 e. The lowest BCUT2D eigenvalue weighted by Gasteiger charge is -2.32. The van der Waals surface area contributed by atoms with Gasteiger partial charge in [0.2, 0.25) is 0 Å². The van der Waals surface area contributed by atoms with E-state index in [1.165, 1.54) is 29.5 Å². The average Bonchev–Trinajstić information content (AvgIpc) is 3.17. The van der Waals surface area contributed by atoms with E-state index in [1.54, 1.807) is 6.92 Å². The number of benzene rings is 1. The fourth-order valence-corrected chi connectivity index (χ4v) is 3.30. The number of halogens is 4. The number of aromatic nitrogens is 4. The monoisotopic (exact) mass is 484 g/mol. The Labute approximate surface area is 193 Å². The van der Waals surface area contributed by atoms with Crippen LogP contribution in [0.15, 0.2) is 43.0 Å². The number of hydrogen-bond acceptors (Lipinski definition) is 5. The van der Waals surface area contributed by atoms with E-state index in [0.717, 1.165) is 11.0 Å². The molecule has 3 heterocycles. The summed E-state index contributed by atoms with van der Waals surface area (Å²) >= 11 is 0. The first kappa shape index (κ1) is 25.8. The van der Waals surface area contributed by atoms with Crippen molar-refractivity contribution in [2.45, 2.75) is 26.6 Å². The molecule has 0 fully saturated rings. The summed E-state index contributed by atoms with van der Waals surface area (Å²) in [6, 6.07) is 1.83. The quantitative estimate of drug-likeness (QED) is 0.566. The summed E-state index contributed by atoms with van der Waals surface area (Å²) in [7, 11) is 0. The van der Waals surface area contributed by atoms with E-state index in [-0.39, 0.29) is 50.2 Å². The molecule has 3 aromatic rings. The zero-order valence-corrected chi connectivity index (χ0v) is 17.4. The smallest absolute Gasteiger partial charge is 0.305 e. The fraction of sp³-hybridized carbons (Fsp3) is 0.250. The van der Waals surface area contributed by atoms with E-state index in [0.29, 0.717) is 12.1 Å². The third kappa shape index (κ3) is 4.82. The number of rotatable bonds is 3. The Morgan fingerprint density at radius 2 is 1.94 bits per heavy atom. The van der Waals surface area contributed by atoms with Gasteiger partial charge in [-0.2, -0.15) is 31.8 Å². The molecule has 33 heavy (non-hydrogen) atoms. The van der Waals surface area contributed by atoms with Gasteiger partial charge in [0, 0.05) is 24.6 Å². The highest BCUT2D eigenvalue weighted by atomic mass is 32.1. The summed E-state index contributed by atoms with van der Waals surface area (Å²) in [4.78, 5) is 34.6. The van der Waals surface area contributed by atoms with E-state index >= 15 is 0 Å². The lowest BCUT2D eigenvalue weighted by atomic mass is 10.1. The van der Waals surface area contributed by atoms with Gasteiger partial charge in [-0.1, -0.05) is 7.43 Å². The maximum absolute atomic E-state index is 14.1. The minimum Gasteiger partial charge on any atom is -0.305 e. The minimum atomic E-state index is -4.86. The first-order valence-corrected chi connectivity index (χ1v) is 9.00. The number of fused-ring (bicyclic) bond motifs is 1. The number of hydrogen-bond donors (Lipinski definition) is 1. The molecule has 2 aromatic heterocycles. The number of alkyl halides is 3. The van der Waals surface area contributed by atoms with Gasteiger partial charge in [-0.25, -0.2) is 9.37 Å². The third-order valence-corrected chi connectivity index (χ3v) is 4.73. The number of amides is 2. The second-order valence-corrected chi connectivity index (χ2v) is 6.82. The minimum absolute atomic E-state index is 0. The molecular formula is C20H20F4N6O2S. The van der Waals surface area contributed by atoms with Crippen molar-refractivity contribution in [3.63, 3.8) is 0 Å². The Bertz CT molecular complexity index is 1170. The molecule has 13 heteroatoms. The van der Waals surface area contributed by atoms with Gasteiger partial charge in [0.1, 0.15) is 11.5 Å². The van der Waals surface area contributed by atoms with Crippen molar-refractivity contribution >= 4 is 36.8 Å². The molecule has 0 saturated heterocycles. The van der Waals surface area contributed by atoms with Crippen LogP contribution in [0, 0.1) is 5.82 Å². The second-order valence-electron chi connectivity index (χ2n) is 6.82. The lowest BCUT2D eigenvalue weighted by molar-refractivity contribution is -0.139. The van der Waals surface area contributed by atoms with E-state index in [2.05, 4.69) is 20.4 Å². The van der Waals surface area contributed by atoms with Crippen molar-refractivity contribution in [3.8, 4) is 0 Å². The van der Waals surface area contributed by atoms with Gasteiger partial charge in [0.15, 0.2) is 5.82 Å². The van der Waals surface area contributed by atoms with Crippen molar-refractivity contribution in [1.82, 2.24) is 19.7 Å². The Hall–Kier alpha value is -3.48. The van der Waals surface area contributed by atoms with Crippen molar-refractivity contribution < 1.29 is 27.2 Å². The zero-order chi connectivity index (χ0) is 22.3. The Morgan fingerprint density at radius 1 is 1.21 bits per heavy atom. The summed E-state index contributed by atoms with van der Waals surface area (Å²) < 4.78 is 54.0. The number of nitrogens with one attached hydrogen (secondary N) is 1. The molecule has 1 N–H and O–H groups in total. The van der Waals surface area contributed by atoms with Crippen LogP contribution in [0.3, 0.4) is 0 Å². The van der Waals surface area contributed by atoms with Crippen LogP contribution in [0.5, 0.6) is 0 Å². The SMILES string of the molecule is C.C[C@H]1CN(c2ccc(C(F)(F)F)c(F)c2)C(=O)c2c(C(=O)Nc3cnccn3)cnn21.S. The summed E-state index contributed by atoms with van der Waals surface area (Å²) in [5, 5.41) is 6.59. The Balaban J connectivity index is 0.00000193. The van der Waals surface area contributed by atoms with Gasteiger partial charge in [0.25, 0.3) is 11.8 Å². The number of carbonyl (C=O) groups is 2. The maximum Gasteiger partial charge on any atom is 0.419 e. The van der Waals surface area contributed by atoms with Gasteiger partial charge >= 0.3 is 6.18 Å². The van der Waals surface area contributed by atoms with Crippen LogP contribution in [-0.2, 0) is 6.18 Å². The first-order valence-electron chi connectivity index (χ1n) is 9.00. The molecule has 0 spiro atoms. The zero-order valence-electron chi connectivity index (χ0n) is 16.4. The highest BCUT2D eigenvalue weighted by Gasteiger charge is 2.37. The molecule has 8 nitrogen and oxygen atoms in total. The summed E-state index contributed by atoms with van der Waals surface area (Å²) in [6.07, 6.45) is 0.467. The molecule has 0 radical (unpaired) electrons. The van der Waals surface area contributed by atoms with E-state index < -0.39 is 35.4 Å². The predicted octanol–water partition coefficient (Wildman–Crippen LogP) is 4.05. The predicted molar refractivity (Wildman–Crippen MR) is 117 cm³/mol. The molecule has 0 saturated carbocycles. The topological polar surface area (TPSA) is 93.0 Å². The molecule has 4 rings (SSSR count). The Kier molecular flexibility index (Phi) is 7.47. The molecule has 0 bridgehead atoms. The fourth-order valence-electron chi connectivity index (χ4n) is 3.30.